The molecule has 2 aromatic carbocycles. The molecule has 0 aliphatic carbocycles. The lowest BCUT2D eigenvalue weighted by molar-refractivity contribution is -0.116. The fourth-order valence-electron chi connectivity index (χ4n) is 1.82. The van der Waals surface area contributed by atoms with Crippen molar-refractivity contribution >= 4 is 34.8 Å². The number of para-hydroxylation sites is 1. The molecule has 0 heterocycles. The molecule has 98 valence electrons. The van der Waals surface area contributed by atoms with Gasteiger partial charge in [0.25, 0.3) is 0 Å². The summed E-state index contributed by atoms with van der Waals surface area (Å²) in [7, 11) is 0. The van der Waals surface area contributed by atoms with Crippen LogP contribution in [0.4, 0.5) is 5.69 Å². The third-order valence-electron chi connectivity index (χ3n) is 2.72. The van der Waals surface area contributed by atoms with E-state index in [2.05, 4.69) is 0 Å². The molecule has 0 bridgehead atoms. The maximum atomic E-state index is 12.0. The summed E-state index contributed by atoms with van der Waals surface area (Å²) in [5.41, 5.74) is 1.01. The highest BCUT2D eigenvalue weighted by Crippen LogP contribution is 2.30. The van der Waals surface area contributed by atoms with Crippen molar-refractivity contribution in [3.8, 4) is 0 Å². The normalized spacial score (nSPS) is 11.9. The quantitative estimate of drug-likeness (QED) is 0.611. The summed E-state index contributed by atoms with van der Waals surface area (Å²) in [4.78, 5) is 13.5. The summed E-state index contributed by atoms with van der Waals surface area (Å²) in [6.07, 6.45) is 0. The average Bonchev–Trinajstić information content (AvgIpc) is 2.49. The number of halogens is 2. The molecule has 1 amide bonds. The first-order valence-electron chi connectivity index (χ1n) is 5.86. The Balaban J connectivity index is 2.36. The second kappa shape index (κ2) is 6.60. The Labute approximate surface area is 122 Å². The minimum atomic E-state index is -0.574. The van der Waals surface area contributed by atoms with Crippen LogP contribution in [0.5, 0.6) is 0 Å². The maximum Gasteiger partial charge on any atom is 0.243 e. The van der Waals surface area contributed by atoms with Crippen molar-refractivity contribution in [3.05, 3.63) is 66.2 Å². The molecule has 0 N–H and O–H groups in total. The van der Waals surface area contributed by atoms with Gasteiger partial charge in [0.05, 0.1) is 0 Å². The molecule has 2 aromatic rings. The molecule has 0 aliphatic heterocycles. The number of amides is 1. The highest BCUT2D eigenvalue weighted by atomic mass is 35.5. The number of hydrogen-bond donors (Lipinski definition) is 0. The van der Waals surface area contributed by atoms with Crippen LogP contribution < -0.4 is 4.90 Å². The highest BCUT2D eigenvalue weighted by molar-refractivity contribution is 6.32. The lowest BCUT2D eigenvalue weighted by atomic mass is 10.2. The Kier molecular flexibility index (Phi) is 4.83. The predicted molar refractivity (Wildman–Crippen MR) is 79.7 cm³/mol. The Morgan fingerprint density at radius 3 is 2.05 bits per heavy atom. The number of nitrogens with zero attached hydrogens (tertiary/aromatic N) is 1. The monoisotopic (exact) mass is 293 g/mol. The summed E-state index contributed by atoms with van der Waals surface area (Å²) >= 11 is 12.1. The predicted octanol–water partition coefficient (Wildman–Crippen LogP) is 4.20. The van der Waals surface area contributed by atoms with Gasteiger partial charge in [0.1, 0.15) is 11.4 Å². The van der Waals surface area contributed by atoms with Crippen LogP contribution in [0.25, 0.3) is 0 Å². The van der Waals surface area contributed by atoms with Crippen LogP contribution in [-0.2, 0) is 4.79 Å². The Morgan fingerprint density at radius 2 is 1.53 bits per heavy atom. The Hall–Kier alpha value is -1.51. The van der Waals surface area contributed by atoms with E-state index in [-0.39, 0.29) is 11.8 Å². The standard InChI is InChI=1S/C15H13Cl2NO/c16-11-14(19)18(13-9-5-2-6-10-13)15(17)12-7-3-1-4-8-12/h1-10,15H,11H2. The van der Waals surface area contributed by atoms with Gasteiger partial charge in [-0.05, 0) is 17.7 Å². The number of benzene rings is 2. The van der Waals surface area contributed by atoms with Gasteiger partial charge in [-0.2, -0.15) is 0 Å². The Morgan fingerprint density at radius 1 is 1.00 bits per heavy atom. The van der Waals surface area contributed by atoms with E-state index in [0.717, 1.165) is 11.3 Å². The third kappa shape index (κ3) is 3.28. The van der Waals surface area contributed by atoms with Gasteiger partial charge in [-0.25, -0.2) is 0 Å². The van der Waals surface area contributed by atoms with Gasteiger partial charge in [0.2, 0.25) is 5.91 Å². The molecule has 0 aliphatic rings. The van der Waals surface area contributed by atoms with Crippen LogP contribution in [0.3, 0.4) is 0 Å². The molecular formula is C15H13Cl2NO. The SMILES string of the molecule is O=C(CCl)N(c1ccccc1)C(Cl)c1ccccc1. The van der Waals surface area contributed by atoms with Gasteiger partial charge in [0.15, 0.2) is 0 Å². The molecule has 0 aromatic heterocycles. The fraction of sp³-hybridized carbons (Fsp3) is 0.133. The van der Waals surface area contributed by atoms with E-state index in [9.17, 15) is 4.79 Å². The van der Waals surface area contributed by atoms with E-state index in [1.54, 1.807) is 0 Å². The van der Waals surface area contributed by atoms with Crippen LogP contribution in [0, 0.1) is 0 Å². The van der Waals surface area contributed by atoms with Crippen molar-refractivity contribution in [2.75, 3.05) is 10.8 Å². The minimum Gasteiger partial charge on any atom is -0.290 e. The maximum absolute atomic E-state index is 12.0. The van der Waals surface area contributed by atoms with Gasteiger partial charge >= 0.3 is 0 Å². The zero-order valence-electron chi connectivity index (χ0n) is 10.2. The number of rotatable bonds is 4. The molecule has 1 unspecified atom stereocenters. The van der Waals surface area contributed by atoms with Gasteiger partial charge in [-0.1, -0.05) is 60.1 Å². The van der Waals surface area contributed by atoms with Crippen LogP contribution >= 0.6 is 23.2 Å². The van der Waals surface area contributed by atoms with Crippen molar-refractivity contribution in [3.63, 3.8) is 0 Å². The van der Waals surface area contributed by atoms with Crippen molar-refractivity contribution < 1.29 is 4.79 Å². The van der Waals surface area contributed by atoms with E-state index >= 15 is 0 Å². The second-order valence-electron chi connectivity index (χ2n) is 3.98. The minimum absolute atomic E-state index is 0.106. The molecular weight excluding hydrogens is 281 g/mol. The average molecular weight is 294 g/mol. The third-order valence-corrected chi connectivity index (χ3v) is 3.39. The first-order valence-corrected chi connectivity index (χ1v) is 6.83. The molecule has 0 radical (unpaired) electrons. The van der Waals surface area contributed by atoms with Crippen molar-refractivity contribution in [1.82, 2.24) is 0 Å². The molecule has 0 saturated heterocycles. The number of anilines is 1. The van der Waals surface area contributed by atoms with Gasteiger partial charge < -0.3 is 0 Å². The van der Waals surface area contributed by atoms with E-state index in [1.165, 1.54) is 4.90 Å². The van der Waals surface area contributed by atoms with E-state index in [4.69, 9.17) is 23.2 Å². The van der Waals surface area contributed by atoms with Crippen LogP contribution in [-0.4, -0.2) is 11.8 Å². The van der Waals surface area contributed by atoms with Crippen molar-refractivity contribution in [1.29, 1.82) is 0 Å². The zero-order chi connectivity index (χ0) is 13.7. The lowest BCUT2D eigenvalue weighted by Crippen LogP contribution is -2.33. The van der Waals surface area contributed by atoms with Crippen LogP contribution in [0.2, 0.25) is 0 Å². The number of hydrogen-bond acceptors (Lipinski definition) is 1. The first kappa shape index (κ1) is 13.9. The highest BCUT2D eigenvalue weighted by Gasteiger charge is 2.23. The van der Waals surface area contributed by atoms with Gasteiger partial charge in [-0.3, -0.25) is 9.69 Å². The molecule has 1 atom stereocenters. The van der Waals surface area contributed by atoms with E-state index in [1.807, 2.05) is 60.7 Å². The molecule has 4 heteroatoms. The van der Waals surface area contributed by atoms with Crippen LogP contribution in [0.1, 0.15) is 11.1 Å². The van der Waals surface area contributed by atoms with Crippen molar-refractivity contribution in [2.24, 2.45) is 0 Å². The summed E-state index contributed by atoms with van der Waals surface area (Å²) in [6.45, 7) is 0. The second-order valence-corrected chi connectivity index (χ2v) is 4.66. The Bertz CT molecular complexity index is 530. The largest absolute Gasteiger partial charge is 0.290 e. The summed E-state index contributed by atoms with van der Waals surface area (Å²) < 4.78 is 0. The van der Waals surface area contributed by atoms with E-state index in [0.29, 0.717) is 0 Å². The lowest BCUT2D eigenvalue weighted by Gasteiger charge is -2.27. The number of carbonyl (C=O) groups excluding carboxylic acids is 1. The van der Waals surface area contributed by atoms with Gasteiger partial charge in [0, 0.05) is 5.69 Å². The number of carbonyl (C=O) groups is 1. The smallest absolute Gasteiger partial charge is 0.243 e. The summed E-state index contributed by atoms with van der Waals surface area (Å²) in [6, 6.07) is 18.7. The zero-order valence-corrected chi connectivity index (χ0v) is 11.7. The van der Waals surface area contributed by atoms with Crippen LogP contribution in [0.15, 0.2) is 60.7 Å². The molecule has 2 rings (SSSR count). The summed E-state index contributed by atoms with van der Waals surface area (Å²) in [5, 5.41) is 0. The molecule has 0 fully saturated rings. The molecule has 2 nitrogen and oxygen atoms in total. The fourth-order valence-corrected chi connectivity index (χ4v) is 2.31. The van der Waals surface area contributed by atoms with Gasteiger partial charge in [-0.15, -0.1) is 11.6 Å². The first-order chi connectivity index (χ1) is 9.24. The number of alkyl halides is 2. The van der Waals surface area contributed by atoms with E-state index < -0.39 is 5.50 Å². The molecule has 0 spiro atoms. The van der Waals surface area contributed by atoms with Crippen molar-refractivity contribution in [2.45, 2.75) is 5.50 Å². The topological polar surface area (TPSA) is 20.3 Å². The molecule has 0 saturated carbocycles. The molecule has 19 heavy (non-hydrogen) atoms. The summed E-state index contributed by atoms with van der Waals surface area (Å²) in [5.74, 6) is -0.331.